The number of nitrogen functional groups attached to an aromatic ring is 1. The van der Waals surface area contributed by atoms with Crippen molar-refractivity contribution < 1.29 is 26.5 Å². The van der Waals surface area contributed by atoms with E-state index >= 15 is 0 Å². The average Bonchev–Trinajstić information content (AvgIpc) is 3.05. The Morgan fingerprint density at radius 2 is 0.869 bits per heavy atom. The van der Waals surface area contributed by atoms with Gasteiger partial charge in [-0.1, -0.05) is 200 Å². The van der Waals surface area contributed by atoms with Crippen LogP contribution in [0.3, 0.4) is 0 Å². The molecule has 0 amide bonds. The minimum atomic E-state index is -0.738. The largest absolute Gasteiger partial charge is 2.00 e. The number of carbonyl (C=O) groups excluding carboxylic acids is 1. The van der Waals surface area contributed by atoms with Crippen LogP contribution in [0.1, 0.15) is 12.5 Å². The molecule has 0 aliphatic heterocycles. The Morgan fingerprint density at radius 3 is 1.27 bits per heavy atom. The molecule has 0 aliphatic carbocycles. The number of anilines is 1. The molecule has 1 aromatic heterocycles. The summed E-state index contributed by atoms with van der Waals surface area (Å²) in [7, 11) is 0. The molecule has 14 aromatic carbocycles. The Morgan fingerprint density at radius 1 is 0.488 bits per heavy atom. The zero-order valence-electron chi connectivity index (χ0n) is 45.6. The van der Waals surface area contributed by atoms with Gasteiger partial charge >= 0.3 is 34.2 Å². The van der Waals surface area contributed by atoms with E-state index < -0.39 is 5.43 Å². The summed E-state index contributed by atoms with van der Waals surface area (Å²) in [5.41, 5.74) is 13.0. The number of carbonyl (C=O) groups is 1. The second-order valence-corrected chi connectivity index (χ2v) is 20.0. The third kappa shape index (κ3) is 11.3. The molecule has 7 nitrogen and oxygen atoms in total. The number of nitrogens with one attached hydrogen (secondary N) is 1. The number of benzene rings is 14. The Balaban J connectivity index is 0.000000156. The summed E-state index contributed by atoms with van der Waals surface area (Å²) in [5, 5.41) is 29.6. The van der Waals surface area contributed by atoms with Crippen LogP contribution in [0.25, 0.3) is 131 Å². The molecule has 0 radical (unpaired) electrons. The standard InChI is InChI=1S/C36H22N2O.C29H18N2.C6H5.C3H5ClO2.BrH.Mg/c39-36-37-34(22-10-2-1-3-11-22)33-21-31(28-16-8-9-17-30(28)35(33)38-36)23-18-19-29-26-14-5-4-12-24(26)25-13-6-7-15-27(25)32(29)20-23;30-17-19-16-27(24-11-5-6-12-26(24)29(19)31)18-13-14-25-22-9-2-1-7-20(22)21-8-3-4-10-23(21)28(25)15-18;1-2-4-6-5-3-1;1-2-6-3(4)5;;/h1-21H,(H,37,38,39);1-16H,31H2;1-5H;2H2,1H3;1H;/q;;-1;;;+2/p-1. The molecule has 0 aliphatic rings. The van der Waals surface area contributed by atoms with E-state index in [1.54, 1.807) is 6.92 Å². The molecule has 0 atom stereocenters. The first-order valence-corrected chi connectivity index (χ1v) is 27.3. The van der Waals surface area contributed by atoms with Crippen LogP contribution < -0.4 is 28.4 Å². The topological polar surface area (TPSA) is 122 Å². The van der Waals surface area contributed by atoms with E-state index in [1.807, 2.05) is 91.0 Å². The van der Waals surface area contributed by atoms with Crippen LogP contribution in [-0.2, 0) is 4.74 Å². The predicted molar refractivity (Wildman–Crippen MR) is 348 cm³/mol. The molecular weight excluding hydrogens is 1130 g/mol. The minimum Gasteiger partial charge on any atom is -1.00 e. The average molecular weight is 1180 g/mol. The number of halogens is 2. The summed E-state index contributed by atoms with van der Waals surface area (Å²) >= 11 is 4.72. The van der Waals surface area contributed by atoms with Gasteiger partial charge in [-0.2, -0.15) is 46.6 Å². The molecule has 3 N–H and O–H groups in total. The van der Waals surface area contributed by atoms with Crippen molar-refractivity contribution in [3.05, 3.63) is 277 Å². The van der Waals surface area contributed by atoms with Gasteiger partial charge in [-0.05, 0) is 129 Å². The number of aromatic amines is 1. The smallest absolute Gasteiger partial charge is 1.00 e. The predicted octanol–water partition coefficient (Wildman–Crippen LogP) is 15.8. The summed E-state index contributed by atoms with van der Waals surface area (Å²) in [5.74, 6) is 0. The molecule has 84 heavy (non-hydrogen) atoms. The number of aromatic nitrogens is 2. The van der Waals surface area contributed by atoms with E-state index in [9.17, 15) is 14.9 Å². The van der Waals surface area contributed by atoms with E-state index in [4.69, 9.17) is 17.3 Å². The second-order valence-electron chi connectivity index (χ2n) is 19.6. The fourth-order valence-electron chi connectivity index (χ4n) is 11.4. The molecule has 0 unspecified atom stereocenters. The molecule has 0 fully saturated rings. The number of ether oxygens (including phenoxy) is 1. The van der Waals surface area contributed by atoms with Crippen molar-refractivity contribution >= 4 is 143 Å². The molecule has 15 aromatic rings. The fraction of sp³-hybridized carbons (Fsp3) is 0.0270. The first-order chi connectivity index (χ1) is 40.3. The summed E-state index contributed by atoms with van der Waals surface area (Å²) in [4.78, 5) is 29.7. The van der Waals surface area contributed by atoms with E-state index in [-0.39, 0.29) is 45.7 Å². The number of nitrogens with two attached hydrogens (primary N) is 1. The van der Waals surface area contributed by atoms with E-state index in [0.717, 1.165) is 60.3 Å². The number of H-pyrrole nitrogens is 1. The van der Waals surface area contributed by atoms with E-state index in [2.05, 4.69) is 191 Å². The third-order valence-electron chi connectivity index (χ3n) is 15.0. The SMILES string of the molecule is CCOC(=O)Cl.N#Cc1cc(-c2ccc3c4ccccc4c4ccccc4c3c2)c2ccccc2c1N.O=c1nc(-c2ccccc2)c2cc(-c3ccc4c5ccccc5c5ccccc5c4c3)c3ccccc3c2[nH]1.[Br-].[Mg+2].[c-]1ccccc1. The fourth-order valence-corrected chi connectivity index (χ4v) is 11.5. The van der Waals surface area contributed by atoms with Gasteiger partial charge in [-0.25, -0.2) is 9.59 Å². The van der Waals surface area contributed by atoms with Gasteiger partial charge < -0.3 is 32.4 Å². The van der Waals surface area contributed by atoms with Crippen molar-refractivity contribution in [3.63, 3.8) is 0 Å². The van der Waals surface area contributed by atoms with Crippen LogP contribution in [0.15, 0.2) is 260 Å². The van der Waals surface area contributed by atoms with Gasteiger partial charge in [0.25, 0.3) is 0 Å². The monoisotopic (exact) mass is 1180 g/mol. The van der Waals surface area contributed by atoms with Crippen molar-refractivity contribution in [2.24, 2.45) is 0 Å². The van der Waals surface area contributed by atoms with Crippen LogP contribution in [0, 0.1) is 17.4 Å². The van der Waals surface area contributed by atoms with Crippen molar-refractivity contribution in [3.8, 4) is 39.6 Å². The first-order valence-electron chi connectivity index (χ1n) is 26.9. The molecule has 10 heteroatoms. The van der Waals surface area contributed by atoms with Crippen molar-refractivity contribution in [2.45, 2.75) is 6.92 Å². The summed E-state index contributed by atoms with van der Waals surface area (Å²) < 4.78 is 4.17. The second kappa shape index (κ2) is 25.8. The van der Waals surface area contributed by atoms with Crippen molar-refractivity contribution in [1.82, 2.24) is 9.97 Å². The molecule has 0 saturated carbocycles. The van der Waals surface area contributed by atoms with Crippen LogP contribution >= 0.6 is 11.6 Å². The van der Waals surface area contributed by atoms with Crippen LogP contribution in [0.2, 0.25) is 0 Å². The van der Waals surface area contributed by atoms with Gasteiger partial charge in [0.1, 0.15) is 6.07 Å². The van der Waals surface area contributed by atoms with Crippen molar-refractivity contribution in [2.75, 3.05) is 12.3 Å². The molecular formula is C74H50BrClMgN4O3. The quantitative estimate of drug-likeness (QED) is 0.0595. The maximum absolute atomic E-state index is 12.7. The number of hydrogen-bond acceptors (Lipinski definition) is 6. The normalized spacial score (nSPS) is 10.7. The van der Waals surface area contributed by atoms with E-state index in [0.29, 0.717) is 23.6 Å². The zero-order chi connectivity index (χ0) is 56.1. The Kier molecular flexibility index (Phi) is 17.8. The Labute approximate surface area is 516 Å². The number of hydrogen-bond donors (Lipinski definition) is 2. The summed E-state index contributed by atoms with van der Waals surface area (Å²) in [6.45, 7) is 2.04. The van der Waals surface area contributed by atoms with Crippen LogP contribution in [-0.4, -0.2) is 45.1 Å². The van der Waals surface area contributed by atoms with Crippen LogP contribution in [0.4, 0.5) is 10.5 Å². The molecule has 0 bridgehead atoms. The van der Waals surface area contributed by atoms with Crippen molar-refractivity contribution in [1.29, 1.82) is 5.26 Å². The van der Waals surface area contributed by atoms with Gasteiger partial charge in [-0.3, -0.25) is 0 Å². The molecule has 0 spiro atoms. The van der Waals surface area contributed by atoms with E-state index in [1.165, 1.54) is 64.6 Å². The third-order valence-corrected chi connectivity index (χ3v) is 15.1. The first kappa shape index (κ1) is 57.8. The molecule has 1 heterocycles. The Bertz CT molecular complexity index is 4960. The van der Waals surface area contributed by atoms with Gasteiger partial charge in [0.05, 0.1) is 29.1 Å². The molecule has 15 rings (SSSR count). The number of fused-ring (bicyclic) bond motifs is 16. The van der Waals surface area contributed by atoms with Crippen LogP contribution in [0.5, 0.6) is 0 Å². The maximum Gasteiger partial charge on any atom is 2.00 e. The summed E-state index contributed by atoms with van der Waals surface area (Å²) in [6.07, 6.45) is 0. The van der Waals surface area contributed by atoms with Gasteiger partial charge in [-0.15, -0.1) is 0 Å². The minimum absolute atomic E-state index is 0. The van der Waals surface area contributed by atoms with Gasteiger partial charge in [0.2, 0.25) is 0 Å². The molecule has 400 valence electrons. The van der Waals surface area contributed by atoms with Gasteiger partial charge in [0, 0.05) is 33.3 Å². The maximum atomic E-state index is 12.7. The number of rotatable bonds is 4. The molecule has 0 saturated heterocycles. The Hall–Kier alpha value is -9.40. The zero-order valence-corrected chi connectivity index (χ0v) is 49.4. The number of nitriles is 1. The number of nitrogens with zero attached hydrogens (tertiary/aromatic N) is 2. The summed E-state index contributed by atoms with van der Waals surface area (Å²) in [6, 6.07) is 93.0. The van der Waals surface area contributed by atoms with Gasteiger partial charge in [0.15, 0.2) is 0 Å².